The summed E-state index contributed by atoms with van der Waals surface area (Å²) >= 11 is 0. The van der Waals surface area contributed by atoms with Crippen LogP contribution in [0.2, 0.25) is 0 Å². The van der Waals surface area contributed by atoms with Crippen LogP contribution in [0.5, 0.6) is 5.75 Å². The van der Waals surface area contributed by atoms with E-state index in [4.69, 9.17) is 15.3 Å². The molecule has 0 fully saturated rings. The molecule has 0 spiro atoms. The Bertz CT molecular complexity index is 536. The Morgan fingerprint density at radius 1 is 1.00 bits per heavy atom. The van der Waals surface area contributed by atoms with Crippen molar-refractivity contribution >= 4 is 11.4 Å². The van der Waals surface area contributed by atoms with Gasteiger partial charge in [0.2, 0.25) is 5.71 Å². The average Bonchev–Trinajstić information content (AvgIpc) is 2.59. The molecule has 0 radical (unpaired) electrons. The normalized spacial score (nSPS) is 9.52. The molecule has 0 aliphatic carbocycles. The van der Waals surface area contributed by atoms with Crippen LogP contribution in [0.4, 0.5) is 5.69 Å². The third-order valence-corrected chi connectivity index (χ3v) is 3.38. The van der Waals surface area contributed by atoms with E-state index in [-0.39, 0.29) is 5.71 Å². The number of hydrogen-bond acceptors (Lipinski definition) is 5. The molecule has 0 saturated heterocycles. The largest absolute Gasteiger partial charge is 0.494 e. The van der Waals surface area contributed by atoms with Crippen molar-refractivity contribution in [1.82, 2.24) is 0 Å². The maximum Gasteiger partial charge on any atom is 0.237 e. The van der Waals surface area contributed by atoms with Crippen molar-refractivity contribution in [2.45, 2.75) is 51.9 Å². The molecule has 5 nitrogen and oxygen atoms in total. The number of hydrazone groups is 1. The second-order valence-corrected chi connectivity index (χ2v) is 5.29. The first-order valence-corrected chi connectivity index (χ1v) is 8.17. The highest BCUT2D eigenvalue weighted by Crippen LogP contribution is 2.16. The van der Waals surface area contributed by atoms with Crippen LogP contribution < -0.4 is 10.2 Å². The number of hydrogen-bond donors (Lipinski definition) is 1. The zero-order valence-electron chi connectivity index (χ0n) is 13.7. The quantitative estimate of drug-likeness (QED) is 0.367. The molecular weight excluding hydrogens is 288 g/mol. The zero-order valence-corrected chi connectivity index (χ0v) is 13.7. The highest BCUT2D eigenvalue weighted by molar-refractivity contribution is 6.10. The predicted octanol–water partition coefficient (Wildman–Crippen LogP) is 4.63. The number of ether oxygens (including phenoxy) is 1. The lowest BCUT2D eigenvalue weighted by Crippen LogP contribution is -1.98. The molecule has 0 aliphatic heterocycles. The molecule has 0 aromatic heterocycles. The molecule has 0 unspecified atom stereocenters. The number of unbranched alkanes of at least 4 members (excludes halogenated alkanes) is 6. The van der Waals surface area contributed by atoms with Crippen molar-refractivity contribution in [2.24, 2.45) is 5.10 Å². The summed E-state index contributed by atoms with van der Waals surface area (Å²) in [5.41, 5.74) is 3.16. The summed E-state index contributed by atoms with van der Waals surface area (Å²) in [6.07, 6.45) is 8.85. The Morgan fingerprint density at radius 3 is 2.22 bits per heavy atom. The van der Waals surface area contributed by atoms with Crippen LogP contribution >= 0.6 is 0 Å². The van der Waals surface area contributed by atoms with Crippen molar-refractivity contribution in [3.8, 4) is 17.9 Å². The van der Waals surface area contributed by atoms with Crippen LogP contribution in [-0.2, 0) is 0 Å². The van der Waals surface area contributed by atoms with Gasteiger partial charge in [0.1, 0.15) is 17.9 Å². The number of nitriles is 2. The maximum absolute atomic E-state index is 8.59. The topological polar surface area (TPSA) is 81.2 Å². The molecule has 0 amide bonds. The minimum Gasteiger partial charge on any atom is -0.494 e. The van der Waals surface area contributed by atoms with E-state index in [1.54, 1.807) is 24.3 Å². The van der Waals surface area contributed by atoms with E-state index >= 15 is 0 Å². The number of nitrogens with one attached hydrogen (secondary N) is 1. The second kappa shape index (κ2) is 12.1. The fourth-order valence-electron chi connectivity index (χ4n) is 2.07. The van der Waals surface area contributed by atoms with Gasteiger partial charge in [-0.15, -0.1) is 0 Å². The summed E-state index contributed by atoms with van der Waals surface area (Å²) in [6, 6.07) is 10.7. The molecule has 0 atom stereocenters. The lowest BCUT2D eigenvalue weighted by molar-refractivity contribution is 0.304. The molecule has 0 saturated carbocycles. The summed E-state index contributed by atoms with van der Waals surface area (Å²) in [7, 11) is 0. The third-order valence-electron chi connectivity index (χ3n) is 3.38. The fraction of sp³-hybridized carbons (Fsp3) is 0.500. The highest BCUT2D eigenvalue weighted by Gasteiger charge is 1.97. The van der Waals surface area contributed by atoms with E-state index in [2.05, 4.69) is 17.5 Å². The minimum atomic E-state index is -0.204. The minimum absolute atomic E-state index is 0.204. The monoisotopic (exact) mass is 312 g/mol. The summed E-state index contributed by atoms with van der Waals surface area (Å²) < 4.78 is 5.69. The number of benzene rings is 1. The lowest BCUT2D eigenvalue weighted by Gasteiger charge is -2.07. The van der Waals surface area contributed by atoms with E-state index < -0.39 is 0 Å². The third kappa shape index (κ3) is 8.48. The molecule has 1 aromatic rings. The standard InChI is InChI=1S/C18H24N4O/c1-2-3-4-5-6-7-8-13-23-18-11-9-16(10-12-18)21-22-17(14-19)15-20/h9-12,21H,2-8,13H2,1H3. The highest BCUT2D eigenvalue weighted by atomic mass is 16.5. The van der Waals surface area contributed by atoms with Gasteiger partial charge in [0.05, 0.1) is 12.3 Å². The summed E-state index contributed by atoms with van der Waals surface area (Å²) in [6.45, 7) is 2.96. The zero-order chi connectivity index (χ0) is 16.8. The van der Waals surface area contributed by atoms with Gasteiger partial charge >= 0.3 is 0 Å². The molecule has 0 heterocycles. The molecule has 1 rings (SSSR count). The average molecular weight is 312 g/mol. The summed E-state index contributed by atoms with van der Waals surface area (Å²) in [5, 5.41) is 20.9. The van der Waals surface area contributed by atoms with E-state index in [1.807, 2.05) is 12.1 Å². The Balaban J connectivity index is 2.21. The summed E-state index contributed by atoms with van der Waals surface area (Å²) in [5.74, 6) is 0.811. The molecule has 1 N–H and O–H groups in total. The number of rotatable bonds is 11. The van der Waals surface area contributed by atoms with Crippen LogP contribution in [0.25, 0.3) is 0 Å². The molecule has 23 heavy (non-hydrogen) atoms. The van der Waals surface area contributed by atoms with Gasteiger partial charge in [-0.1, -0.05) is 45.4 Å². The van der Waals surface area contributed by atoms with Crippen molar-refractivity contribution < 1.29 is 4.74 Å². The second-order valence-electron chi connectivity index (χ2n) is 5.29. The molecule has 0 aliphatic rings. The number of anilines is 1. The van der Waals surface area contributed by atoms with Gasteiger partial charge in [-0.25, -0.2) is 0 Å². The van der Waals surface area contributed by atoms with Gasteiger partial charge in [0.25, 0.3) is 0 Å². The Hall–Kier alpha value is -2.53. The SMILES string of the molecule is CCCCCCCCCOc1ccc(NN=C(C#N)C#N)cc1. The van der Waals surface area contributed by atoms with Crippen LogP contribution in [-0.4, -0.2) is 12.3 Å². The molecule has 122 valence electrons. The van der Waals surface area contributed by atoms with Crippen LogP contribution in [0.1, 0.15) is 51.9 Å². The Kier molecular flexibility index (Phi) is 9.71. The molecule has 1 aromatic carbocycles. The van der Waals surface area contributed by atoms with Crippen LogP contribution in [0.15, 0.2) is 29.4 Å². The Labute approximate surface area is 138 Å². The van der Waals surface area contributed by atoms with Crippen molar-refractivity contribution in [2.75, 3.05) is 12.0 Å². The molecule has 0 bridgehead atoms. The predicted molar refractivity (Wildman–Crippen MR) is 92.2 cm³/mol. The van der Waals surface area contributed by atoms with E-state index in [0.29, 0.717) is 5.69 Å². The smallest absolute Gasteiger partial charge is 0.237 e. The van der Waals surface area contributed by atoms with Crippen molar-refractivity contribution in [1.29, 1.82) is 10.5 Å². The maximum atomic E-state index is 8.59. The Morgan fingerprint density at radius 2 is 1.61 bits per heavy atom. The lowest BCUT2D eigenvalue weighted by atomic mass is 10.1. The van der Waals surface area contributed by atoms with Gasteiger partial charge in [-0.2, -0.15) is 15.6 Å². The van der Waals surface area contributed by atoms with Gasteiger partial charge < -0.3 is 4.74 Å². The van der Waals surface area contributed by atoms with Crippen LogP contribution in [0.3, 0.4) is 0 Å². The van der Waals surface area contributed by atoms with E-state index in [0.717, 1.165) is 18.8 Å². The first-order valence-electron chi connectivity index (χ1n) is 8.17. The van der Waals surface area contributed by atoms with Gasteiger partial charge in [0, 0.05) is 0 Å². The van der Waals surface area contributed by atoms with Gasteiger partial charge in [-0.3, -0.25) is 5.43 Å². The van der Waals surface area contributed by atoms with E-state index in [1.165, 1.54) is 38.5 Å². The van der Waals surface area contributed by atoms with Crippen LogP contribution in [0, 0.1) is 22.7 Å². The molecular formula is C18H24N4O. The van der Waals surface area contributed by atoms with Crippen molar-refractivity contribution in [3.63, 3.8) is 0 Å². The summed E-state index contributed by atoms with van der Waals surface area (Å²) in [4.78, 5) is 0. The fourth-order valence-corrected chi connectivity index (χ4v) is 2.07. The van der Waals surface area contributed by atoms with Crippen molar-refractivity contribution in [3.05, 3.63) is 24.3 Å². The molecule has 5 heteroatoms. The van der Waals surface area contributed by atoms with E-state index in [9.17, 15) is 0 Å². The first-order chi connectivity index (χ1) is 11.3. The number of nitrogens with zero attached hydrogens (tertiary/aromatic N) is 3. The van der Waals surface area contributed by atoms with Gasteiger partial charge in [0.15, 0.2) is 0 Å². The van der Waals surface area contributed by atoms with Gasteiger partial charge in [-0.05, 0) is 30.7 Å². The first kappa shape index (κ1) is 18.5.